The summed E-state index contributed by atoms with van der Waals surface area (Å²) in [5.41, 5.74) is 1.94. The van der Waals surface area contributed by atoms with Crippen LogP contribution in [0.1, 0.15) is 30.0 Å². The van der Waals surface area contributed by atoms with Crippen LogP contribution < -0.4 is 11.3 Å². The molecule has 2 rings (SSSR count). The highest BCUT2D eigenvalue weighted by Gasteiger charge is 2.39. The van der Waals surface area contributed by atoms with E-state index < -0.39 is 17.8 Å². The molecule has 1 fully saturated rings. The van der Waals surface area contributed by atoms with Crippen LogP contribution in [0.25, 0.3) is 0 Å². The molecule has 16 heavy (non-hydrogen) atoms. The molecule has 0 radical (unpaired) electrons. The summed E-state index contributed by atoms with van der Waals surface area (Å²) < 4.78 is 38.2. The molecule has 88 valence electrons. The fourth-order valence-electron chi connectivity index (χ4n) is 1.82. The molecule has 1 heterocycles. The molecule has 1 unspecified atom stereocenters. The molecule has 6 heteroatoms. The molecule has 1 aromatic rings. The van der Waals surface area contributed by atoms with Crippen molar-refractivity contribution < 1.29 is 13.2 Å². The number of hydrogen-bond acceptors (Lipinski definition) is 3. The van der Waals surface area contributed by atoms with Crippen LogP contribution in [-0.4, -0.2) is 4.98 Å². The van der Waals surface area contributed by atoms with Gasteiger partial charge in [-0.2, -0.15) is 13.2 Å². The van der Waals surface area contributed by atoms with Gasteiger partial charge in [0.25, 0.3) is 0 Å². The van der Waals surface area contributed by atoms with Crippen molar-refractivity contribution in [3.8, 4) is 0 Å². The number of hydrogen-bond donors (Lipinski definition) is 2. The first-order chi connectivity index (χ1) is 7.54. The van der Waals surface area contributed by atoms with Gasteiger partial charge in [0.1, 0.15) is 0 Å². The molecule has 0 spiro atoms. The van der Waals surface area contributed by atoms with Crippen LogP contribution in [0.4, 0.5) is 13.2 Å². The minimum atomic E-state index is -4.36. The number of pyridine rings is 1. The number of aromatic nitrogens is 1. The molecule has 1 saturated carbocycles. The molecule has 0 saturated heterocycles. The Morgan fingerprint density at radius 1 is 1.44 bits per heavy atom. The minimum Gasteiger partial charge on any atom is -0.271 e. The summed E-state index contributed by atoms with van der Waals surface area (Å²) in [6, 6.07) is 0.535. The highest BCUT2D eigenvalue weighted by molar-refractivity contribution is 5.30. The van der Waals surface area contributed by atoms with Gasteiger partial charge in [-0.05, 0) is 24.8 Å². The van der Waals surface area contributed by atoms with Crippen molar-refractivity contribution in [1.82, 2.24) is 10.4 Å². The van der Waals surface area contributed by atoms with E-state index >= 15 is 0 Å². The Morgan fingerprint density at radius 2 is 2.12 bits per heavy atom. The second-order valence-corrected chi connectivity index (χ2v) is 3.94. The molecule has 0 aromatic carbocycles. The SMILES string of the molecule is NNC(c1cnccc1C(F)(F)F)C1CC1. The van der Waals surface area contributed by atoms with Gasteiger partial charge in [0.05, 0.1) is 11.6 Å². The Labute approximate surface area is 90.8 Å². The maximum absolute atomic E-state index is 12.7. The van der Waals surface area contributed by atoms with Gasteiger partial charge in [-0.15, -0.1) is 0 Å². The minimum absolute atomic E-state index is 0.139. The number of nitrogens with one attached hydrogen (secondary N) is 1. The molecule has 1 atom stereocenters. The highest BCUT2D eigenvalue weighted by atomic mass is 19.4. The van der Waals surface area contributed by atoms with E-state index in [-0.39, 0.29) is 11.5 Å². The van der Waals surface area contributed by atoms with Crippen molar-refractivity contribution in [1.29, 1.82) is 0 Å². The first-order valence-corrected chi connectivity index (χ1v) is 5.01. The molecule has 0 amide bonds. The van der Waals surface area contributed by atoms with Gasteiger partial charge in [-0.1, -0.05) is 0 Å². The van der Waals surface area contributed by atoms with Crippen LogP contribution in [-0.2, 0) is 6.18 Å². The average molecular weight is 231 g/mol. The van der Waals surface area contributed by atoms with E-state index in [1.165, 1.54) is 6.20 Å². The van der Waals surface area contributed by atoms with Crippen LogP contribution in [0.2, 0.25) is 0 Å². The summed E-state index contributed by atoms with van der Waals surface area (Å²) >= 11 is 0. The molecule has 1 aliphatic rings. The summed E-state index contributed by atoms with van der Waals surface area (Å²) in [5.74, 6) is 5.50. The lowest BCUT2D eigenvalue weighted by Gasteiger charge is -2.19. The van der Waals surface area contributed by atoms with E-state index in [1.54, 1.807) is 0 Å². The summed E-state index contributed by atoms with van der Waals surface area (Å²) in [4.78, 5) is 3.74. The Bertz CT molecular complexity index is 374. The lowest BCUT2D eigenvalue weighted by Crippen LogP contribution is -2.31. The highest BCUT2D eigenvalue weighted by Crippen LogP contribution is 2.44. The van der Waals surface area contributed by atoms with Crippen molar-refractivity contribution in [3.05, 3.63) is 29.6 Å². The second-order valence-electron chi connectivity index (χ2n) is 3.94. The van der Waals surface area contributed by atoms with Gasteiger partial charge in [0, 0.05) is 18.0 Å². The van der Waals surface area contributed by atoms with E-state index in [4.69, 9.17) is 5.84 Å². The zero-order valence-corrected chi connectivity index (χ0v) is 8.46. The standard InChI is InChI=1S/C10H12F3N3/c11-10(12,13)8-3-4-15-5-7(8)9(16-14)6-1-2-6/h3-6,9,16H,1-2,14H2. The van der Waals surface area contributed by atoms with Crippen molar-refractivity contribution in [3.63, 3.8) is 0 Å². The molecule has 3 N–H and O–H groups in total. The summed E-state index contributed by atoms with van der Waals surface area (Å²) in [6.07, 6.45) is -0.164. The van der Waals surface area contributed by atoms with Crippen molar-refractivity contribution in [2.24, 2.45) is 11.8 Å². The van der Waals surface area contributed by atoms with Crippen molar-refractivity contribution in [2.45, 2.75) is 25.1 Å². The summed E-state index contributed by atoms with van der Waals surface area (Å²) in [5, 5.41) is 0. The maximum Gasteiger partial charge on any atom is 0.416 e. The van der Waals surface area contributed by atoms with Gasteiger partial charge < -0.3 is 0 Å². The Hall–Kier alpha value is -1.14. The smallest absolute Gasteiger partial charge is 0.271 e. The molecule has 0 aliphatic heterocycles. The predicted octanol–water partition coefficient (Wildman–Crippen LogP) is 2.01. The average Bonchev–Trinajstić information content (AvgIpc) is 3.02. The maximum atomic E-state index is 12.7. The van der Waals surface area contributed by atoms with Crippen LogP contribution in [0.3, 0.4) is 0 Å². The molecule has 3 nitrogen and oxygen atoms in total. The first-order valence-electron chi connectivity index (χ1n) is 5.01. The van der Waals surface area contributed by atoms with Gasteiger partial charge in [0.2, 0.25) is 0 Å². The second kappa shape index (κ2) is 4.03. The number of rotatable bonds is 3. The van der Waals surface area contributed by atoms with Gasteiger partial charge in [0.15, 0.2) is 0 Å². The zero-order chi connectivity index (χ0) is 11.8. The Morgan fingerprint density at radius 3 is 2.62 bits per heavy atom. The largest absolute Gasteiger partial charge is 0.416 e. The summed E-state index contributed by atoms with van der Waals surface area (Å²) in [7, 11) is 0. The monoisotopic (exact) mass is 231 g/mol. The Kier molecular flexibility index (Phi) is 2.86. The number of alkyl halides is 3. The number of nitrogens with two attached hydrogens (primary N) is 1. The van der Waals surface area contributed by atoms with E-state index in [9.17, 15) is 13.2 Å². The number of nitrogens with zero attached hydrogens (tertiary/aromatic N) is 1. The number of hydrazine groups is 1. The topological polar surface area (TPSA) is 50.9 Å². The van der Waals surface area contributed by atoms with Crippen molar-refractivity contribution in [2.75, 3.05) is 0 Å². The van der Waals surface area contributed by atoms with Gasteiger partial charge >= 0.3 is 6.18 Å². The first kappa shape index (κ1) is 11.3. The van der Waals surface area contributed by atoms with Crippen LogP contribution in [0, 0.1) is 5.92 Å². The lowest BCUT2D eigenvalue weighted by atomic mass is 9.99. The lowest BCUT2D eigenvalue weighted by molar-refractivity contribution is -0.138. The van der Waals surface area contributed by atoms with Gasteiger partial charge in [-0.3, -0.25) is 16.3 Å². The van der Waals surface area contributed by atoms with Crippen LogP contribution >= 0.6 is 0 Å². The van der Waals surface area contributed by atoms with E-state index in [0.717, 1.165) is 25.1 Å². The third-order valence-electron chi connectivity index (χ3n) is 2.77. The fourth-order valence-corrected chi connectivity index (χ4v) is 1.82. The van der Waals surface area contributed by atoms with Gasteiger partial charge in [-0.25, -0.2) is 0 Å². The van der Waals surface area contributed by atoms with E-state index in [2.05, 4.69) is 10.4 Å². The van der Waals surface area contributed by atoms with E-state index in [1.807, 2.05) is 0 Å². The summed E-state index contributed by atoms with van der Waals surface area (Å²) in [6.45, 7) is 0. The number of halogens is 3. The Balaban J connectivity index is 2.38. The molecular formula is C10H12F3N3. The quantitative estimate of drug-likeness (QED) is 0.618. The van der Waals surface area contributed by atoms with Crippen LogP contribution in [0.5, 0.6) is 0 Å². The molecule has 0 bridgehead atoms. The molecule has 1 aromatic heterocycles. The fraction of sp³-hybridized carbons (Fsp3) is 0.500. The molecular weight excluding hydrogens is 219 g/mol. The third-order valence-corrected chi connectivity index (χ3v) is 2.77. The molecule has 1 aliphatic carbocycles. The normalized spacial score (nSPS) is 18.5. The zero-order valence-electron chi connectivity index (χ0n) is 8.46. The third kappa shape index (κ3) is 2.17. The van der Waals surface area contributed by atoms with E-state index in [0.29, 0.717) is 0 Å². The predicted molar refractivity (Wildman–Crippen MR) is 52.0 cm³/mol. The van der Waals surface area contributed by atoms with Crippen molar-refractivity contribution >= 4 is 0 Å². The van der Waals surface area contributed by atoms with Crippen LogP contribution in [0.15, 0.2) is 18.5 Å².